The molecule has 4 rings (SSSR count). The monoisotopic (exact) mass is 399 g/mol. The fourth-order valence-electron chi connectivity index (χ4n) is 5.31. The minimum Gasteiger partial charge on any atom is -0.433 e. The molecule has 3 heterocycles. The van der Waals surface area contributed by atoms with Crippen LogP contribution >= 0.6 is 0 Å². The van der Waals surface area contributed by atoms with Crippen molar-refractivity contribution in [2.45, 2.75) is 82.8 Å². The molecule has 2 amide bonds. The Morgan fingerprint density at radius 1 is 1.14 bits per heavy atom. The molecule has 2 saturated heterocycles. The van der Waals surface area contributed by atoms with E-state index in [4.69, 9.17) is 4.74 Å². The lowest BCUT2D eigenvalue weighted by molar-refractivity contribution is -0.146. The SMILES string of the molecule is CC1(C)CC(NC(=O)C2CCC(=O)N2C2OC(=O)c3ccccc32)CC(C)(C)N1. The Morgan fingerprint density at radius 2 is 1.79 bits per heavy atom. The second-order valence-electron chi connectivity index (χ2n) is 9.71. The fourth-order valence-corrected chi connectivity index (χ4v) is 5.31. The number of carbonyl (C=O) groups is 3. The number of benzene rings is 1. The van der Waals surface area contributed by atoms with Crippen LogP contribution in [0.25, 0.3) is 0 Å². The fraction of sp³-hybridized carbons (Fsp3) is 0.591. The van der Waals surface area contributed by atoms with Gasteiger partial charge in [-0.1, -0.05) is 18.2 Å². The number of amides is 2. The van der Waals surface area contributed by atoms with Crippen molar-refractivity contribution in [2.75, 3.05) is 0 Å². The first kappa shape index (κ1) is 19.9. The van der Waals surface area contributed by atoms with E-state index in [1.165, 1.54) is 4.90 Å². The summed E-state index contributed by atoms with van der Waals surface area (Å²) in [6.45, 7) is 8.53. The number of ether oxygens (including phenoxy) is 1. The van der Waals surface area contributed by atoms with Crippen molar-refractivity contribution in [3.8, 4) is 0 Å². The van der Waals surface area contributed by atoms with Gasteiger partial charge in [-0.25, -0.2) is 4.79 Å². The molecular formula is C22H29N3O4. The van der Waals surface area contributed by atoms with Crippen LogP contribution in [0.4, 0.5) is 0 Å². The van der Waals surface area contributed by atoms with E-state index in [1.54, 1.807) is 18.2 Å². The van der Waals surface area contributed by atoms with Gasteiger partial charge < -0.3 is 15.4 Å². The zero-order valence-corrected chi connectivity index (χ0v) is 17.5. The van der Waals surface area contributed by atoms with Gasteiger partial charge in [-0.05, 0) is 53.0 Å². The van der Waals surface area contributed by atoms with Crippen LogP contribution < -0.4 is 10.6 Å². The Kier molecular flexibility index (Phi) is 4.69. The molecule has 0 aromatic heterocycles. The number of fused-ring (bicyclic) bond motifs is 1. The highest BCUT2D eigenvalue weighted by molar-refractivity contribution is 5.96. The molecule has 0 radical (unpaired) electrons. The van der Waals surface area contributed by atoms with Crippen molar-refractivity contribution in [1.82, 2.24) is 15.5 Å². The third kappa shape index (κ3) is 3.75. The summed E-state index contributed by atoms with van der Waals surface area (Å²) in [6.07, 6.45) is 1.50. The molecule has 1 aromatic rings. The van der Waals surface area contributed by atoms with Crippen LogP contribution in [0.5, 0.6) is 0 Å². The maximum absolute atomic E-state index is 13.2. The predicted molar refractivity (Wildman–Crippen MR) is 107 cm³/mol. The van der Waals surface area contributed by atoms with Gasteiger partial charge in [0.05, 0.1) is 5.56 Å². The van der Waals surface area contributed by atoms with E-state index >= 15 is 0 Å². The molecule has 7 heteroatoms. The first-order valence-corrected chi connectivity index (χ1v) is 10.3. The van der Waals surface area contributed by atoms with Gasteiger partial charge in [-0.2, -0.15) is 0 Å². The van der Waals surface area contributed by atoms with E-state index in [2.05, 4.69) is 38.3 Å². The molecule has 1 aromatic carbocycles. The summed E-state index contributed by atoms with van der Waals surface area (Å²) in [7, 11) is 0. The molecule has 156 valence electrons. The summed E-state index contributed by atoms with van der Waals surface area (Å²) in [5, 5.41) is 6.78. The largest absolute Gasteiger partial charge is 0.433 e. The topological polar surface area (TPSA) is 87.7 Å². The maximum atomic E-state index is 13.2. The maximum Gasteiger partial charge on any atom is 0.340 e. The van der Waals surface area contributed by atoms with Crippen LogP contribution in [0.1, 0.15) is 75.5 Å². The number of hydrogen-bond acceptors (Lipinski definition) is 5. The quantitative estimate of drug-likeness (QED) is 0.762. The average molecular weight is 399 g/mol. The molecule has 2 atom stereocenters. The number of likely N-dealkylation sites (tertiary alicyclic amines) is 1. The Bertz CT molecular complexity index is 847. The van der Waals surface area contributed by atoms with Gasteiger partial charge in [0.25, 0.3) is 0 Å². The lowest BCUT2D eigenvalue weighted by atomic mass is 9.79. The van der Waals surface area contributed by atoms with E-state index in [0.717, 1.165) is 12.8 Å². The zero-order chi connectivity index (χ0) is 21.0. The highest BCUT2D eigenvalue weighted by Crippen LogP contribution is 2.38. The summed E-state index contributed by atoms with van der Waals surface area (Å²) in [4.78, 5) is 39.5. The molecule has 29 heavy (non-hydrogen) atoms. The second kappa shape index (κ2) is 6.83. The first-order valence-electron chi connectivity index (χ1n) is 10.3. The van der Waals surface area contributed by atoms with Crippen LogP contribution in [0.3, 0.4) is 0 Å². The van der Waals surface area contributed by atoms with Crippen molar-refractivity contribution in [3.05, 3.63) is 35.4 Å². The van der Waals surface area contributed by atoms with Gasteiger partial charge in [-0.15, -0.1) is 0 Å². The Hall–Kier alpha value is -2.41. The van der Waals surface area contributed by atoms with Crippen LogP contribution in [-0.2, 0) is 14.3 Å². The van der Waals surface area contributed by atoms with E-state index in [9.17, 15) is 14.4 Å². The van der Waals surface area contributed by atoms with Crippen LogP contribution in [0, 0.1) is 0 Å². The van der Waals surface area contributed by atoms with Crippen LogP contribution in [-0.4, -0.2) is 45.8 Å². The smallest absolute Gasteiger partial charge is 0.340 e. The number of piperidine rings is 1. The summed E-state index contributed by atoms with van der Waals surface area (Å²) in [5.74, 6) is -0.785. The normalized spacial score (nSPS) is 28.2. The summed E-state index contributed by atoms with van der Waals surface area (Å²) < 4.78 is 5.50. The Morgan fingerprint density at radius 3 is 2.48 bits per heavy atom. The highest BCUT2D eigenvalue weighted by atomic mass is 16.6. The van der Waals surface area contributed by atoms with E-state index < -0.39 is 18.2 Å². The number of cyclic esters (lactones) is 1. The van der Waals surface area contributed by atoms with Gasteiger partial charge in [0.15, 0.2) is 0 Å². The minimum absolute atomic E-state index is 0.0183. The number of nitrogens with one attached hydrogen (secondary N) is 2. The Labute approximate surface area is 171 Å². The van der Waals surface area contributed by atoms with Gasteiger partial charge in [0.1, 0.15) is 6.04 Å². The molecule has 3 aliphatic rings. The van der Waals surface area contributed by atoms with Crippen molar-refractivity contribution in [3.63, 3.8) is 0 Å². The minimum atomic E-state index is -0.828. The van der Waals surface area contributed by atoms with Gasteiger partial charge in [0, 0.05) is 29.1 Å². The van der Waals surface area contributed by atoms with Crippen molar-refractivity contribution < 1.29 is 19.1 Å². The predicted octanol–water partition coefficient (Wildman–Crippen LogP) is 2.27. The lowest BCUT2D eigenvalue weighted by Crippen LogP contribution is -2.63. The zero-order valence-electron chi connectivity index (χ0n) is 17.5. The average Bonchev–Trinajstić information content (AvgIpc) is 3.12. The molecule has 2 unspecified atom stereocenters. The first-order chi connectivity index (χ1) is 13.6. The number of esters is 1. The highest BCUT2D eigenvalue weighted by Gasteiger charge is 2.47. The van der Waals surface area contributed by atoms with Crippen LogP contribution in [0.15, 0.2) is 24.3 Å². The third-order valence-corrected chi connectivity index (χ3v) is 6.01. The summed E-state index contributed by atoms with van der Waals surface area (Å²) in [5.41, 5.74) is 0.920. The van der Waals surface area contributed by atoms with E-state index in [1.807, 2.05) is 6.07 Å². The molecule has 0 aliphatic carbocycles. The van der Waals surface area contributed by atoms with Crippen molar-refractivity contribution in [1.29, 1.82) is 0 Å². The summed E-state index contributed by atoms with van der Waals surface area (Å²) >= 11 is 0. The molecule has 7 nitrogen and oxygen atoms in total. The van der Waals surface area contributed by atoms with Crippen LogP contribution in [0.2, 0.25) is 0 Å². The van der Waals surface area contributed by atoms with E-state index in [0.29, 0.717) is 17.5 Å². The van der Waals surface area contributed by atoms with E-state index in [-0.39, 0.29) is 35.4 Å². The Balaban J connectivity index is 1.53. The van der Waals surface area contributed by atoms with Crippen molar-refractivity contribution >= 4 is 17.8 Å². The van der Waals surface area contributed by atoms with Gasteiger partial charge in [0.2, 0.25) is 18.0 Å². The number of rotatable bonds is 3. The summed E-state index contributed by atoms with van der Waals surface area (Å²) in [6, 6.07) is 6.43. The van der Waals surface area contributed by atoms with Gasteiger partial charge in [-0.3, -0.25) is 14.5 Å². The lowest BCUT2D eigenvalue weighted by Gasteiger charge is -2.47. The molecule has 3 aliphatic heterocycles. The van der Waals surface area contributed by atoms with Crippen molar-refractivity contribution in [2.24, 2.45) is 0 Å². The number of carbonyl (C=O) groups excluding carboxylic acids is 3. The molecular weight excluding hydrogens is 370 g/mol. The molecule has 0 bridgehead atoms. The molecule has 0 saturated carbocycles. The van der Waals surface area contributed by atoms with Gasteiger partial charge >= 0.3 is 5.97 Å². The second-order valence-corrected chi connectivity index (χ2v) is 9.71. The molecule has 2 N–H and O–H groups in total. The molecule has 0 spiro atoms. The third-order valence-electron chi connectivity index (χ3n) is 6.01. The molecule has 2 fully saturated rings. The number of hydrogen-bond donors (Lipinski definition) is 2. The number of nitrogens with zero attached hydrogens (tertiary/aromatic N) is 1. The standard InChI is InChI=1S/C22H29N3O4/c1-21(2)11-13(12-22(3,4)24-21)23-18(27)16-9-10-17(26)25(16)19-14-7-5-6-8-15(14)20(28)29-19/h5-8,13,16,19,24H,9-12H2,1-4H3,(H,23,27).